The third-order valence-corrected chi connectivity index (χ3v) is 3.00. The molecular weight excluding hydrogens is 230 g/mol. The molecule has 0 heterocycles. The molecule has 0 saturated heterocycles. The lowest BCUT2D eigenvalue weighted by atomic mass is 10.2. The Labute approximate surface area is 107 Å². The monoisotopic (exact) mass is 247 g/mol. The lowest BCUT2D eigenvalue weighted by Crippen LogP contribution is -2.36. The third-order valence-electron chi connectivity index (χ3n) is 3.00. The maximum absolute atomic E-state index is 12.1. The predicted molar refractivity (Wildman–Crippen MR) is 66.6 cm³/mol. The molecule has 1 aliphatic rings. The summed E-state index contributed by atoms with van der Waals surface area (Å²) < 4.78 is 4.64. The standard InChI is InChI=1S/C14H17NO3/c1-18-13(16)10-15(14(17)12-7-8-12)9-11-5-3-2-4-6-11/h2-6,12H,7-10H2,1H3. The van der Waals surface area contributed by atoms with Crippen LogP contribution in [-0.4, -0.2) is 30.4 Å². The van der Waals surface area contributed by atoms with Crippen molar-refractivity contribution in [2.75, 3.05) is 13.7 Å². The first kappa shape index (κ1) is 12.6. The number of carbonyl (C=O) groups is 2. The van der Waals surface area contributed by atoms with E-state index in [0.29, 0.717) is 6.54 Å². The number of ether oxygens (including phenoxy) is 1. The SMILES string of the molecule is COC(=O)CN(Cc1ccccc1)C(=O)C1CC1. The van der Waals surface area contributed by atoms with E-state index in [2.05, 4.69) is 4.74 Å². The second-order valence-corrected chi connectivity index (χ2v) is 4.53. The zero-order valence-corrected chi connectivity index (χ0v) is 10.5. The van der Waals surface area contributed by atoms with Crippen LogP contribution in [0.2, 0.25) is 0 Å². The summed E-state index contributed by atoms with van der Waals surface area (Å²) in [7, 11) is 1.34. The molecule has 4 nitrogen and oxygen atoms in total. The van der Waals surface area contributed by atoms with E-state index < -0.39 is 0 Å². The fraction of sp³-hybridized carbons (Fsp3) is 0.429. The van der Waals surface area contributed by atoms with Gasteiger partial charge in [-0.05, 0) is 18.4 Å². The Bertz CT molecular complexity index is 426. The Kier molecular flexibility index (Phi) is 3.97. The summed E-state index contributed by atoms with van der Waals surface area (Å²) in [6.45, 7) is 0.492. The van der Waals surface area contributed by atoms with Crippen molar-refractivity contribution >= 4 is 11.9 Å². The van der Waals surface area contributed by atoms with Crippen LogP contribution in [0.4, 0.5) is 0 Å². The van der Waals surface area contributed by atoms with Crippen LogP contribution >= 0.6 is 0 Å². The maximum Gasteiger partial charge on any atom is 0.325 e. The molecule has 0 N–H and O–H groups in total. The molecular formula is C14H17NO3. The van der Waals surface area contributed by atoms with E-state index in [-0.39, 0.29) is 24.3 Å². The summed E-state index contributed by atoms with van der Waals surface area (Å²) >= 11 is 0. The van der Waals surface area contributed by atoms with Crippen LogP contribution in [0, 0.1) is 5.92 Å². The molecule has 0 spiro atoms. The lowest BCUT2D eigenvalue weighted by molar-refractivity contribution is -0.147. The number of hydrogen-bond acceptors (Lipinski definition) is 3. The number of nitrogens with zero attached hydrogens (tertiary/aromatic N) is 1. The molecule has 0 radical (unpaired) electrons. The van der Waals surface area contributed by atoms with Crippen molar-refractivity contribution in [2.45, 2.75) is 19.4 Å². The molecule has 4 heteroatoms. The van der Waals surface area contributed by atoms with Gasteiger partial charge in [-0.25, -0.2) is 0 Å². The van der Waals surface area contributed by atoms with Gasteiger partial charge in [0.1, 0.15) is 6.54 Å². The Morgan fingerprint density at radius 2 is 1.94 bits per heavy atom. The van der Waals surface area contributed by atoms with Gasteiger partial charge in [0.25, 0.3) is 0 Å². The van der Waals surface area contributed by atoms with E-state index >= 15 is 0 Å². The Morgan fingerprint density at radius 3 is 2.50 bits per heavy atom. The van der Waals surface area contributed by atoms with Gasteiger partial charge < -0.3 is 9.64 Å². The molecule has 1 aromatic rings. The average Bonchev–Trinajstić information content (AvgIpc) is 3.22. The fourth-order valence-electron chi connectivity index (χ4n) is 1.82. The number of esters is 1. The first-order valence-corrected chi connectivity index (χ1v) is 6.10. The quantitative estimate of drug-likeness (QED) is 0.742. The van der Waals surface area contributed by atoms with Crippen molar-refractivity contribution in [3.8, 4) is 0 Å². The summed E-state index contributed by atoms with van der Waals surface area (Å²) in [6, 6.07) is 9.67. The van der Waals surface area contributed by atoms with Crippen LogP contribution in [0.3, 0.4) is 0 Å². The van der Waals surface area contributed by atoms with Crippen molar-refractivity contribution in [1.29, 1.82) is 0 Å². The zero-order chi connectivity index (χ0) is 13.0. The number of amides is 1. The van der Waals surface area contributed by atoms with Gasteiger partial charge in [-0.15, -0.1) is 0 Å². The predicted octanol–water partition coefficient (Wildman–Crippen LogP) is 1.60. The molecule has 18 heavy (non-hydrogen) atoms. The van der Waals surface area contributed by atoms with Crippen LogP contribution in [0.5, 0.6) is 0 Å². The molecule has 1 aliphatic carbocycles. The Balaban J connectivity index is 2.04. The molecule has 2 rings (SSSR count). The molecule has 0 atom stereocenters. The van der Waals surface area contributed by atoms with Crippen LogP contribution < -0.4 is 0 Å². The zero-order valence-electron chi connectivity index (χ0n) is 10.5. The third kappa shape index (κ3) is 3.32. The van der Waals surface area contributed by atoms with E-state index in [9.17, 15) is 9.59 Å². The van der Waals surface area contributed by atoms with Crippen LogP contribution in [-0.2, 0) is 20.9 Å². The number of carbonyl (C=O) groups excluding carboxylic acids is 2. The Hall–Kier alpha value is -1.84. The van der Waals surface area contributed by atoms with Gasteiger partial charge in [0.2, 0.25) is 5.91 Å². The number of rotatable bonds is 5. The maximum atomic E-state index is 12.1. The molecule has 1 aromatic carbocycles. The molecule has 96 valence electrons. The molecule has 1 amide bonds. The second kappa shape index (κ2) is 5.67. The van der Waals surface area contributed by atoms with Crippen molar-refractivity contribution in [1.82, 2.24) is 4.90 Å². The van der Waals surface area contributed by atoms with Gasteiger partial charge in [-0.1, -0.05) is 30.3 Å². The second-order valence-electron chi connectivity index (χ2n) is 4.53. The molecule has 0 aliphatic heterocycles. The first-order chi connectivity index (χ1) is 8.70. The van der Waals surface area contributed by atoms with E-state index in [1.54, 1.807) is 4.90 Å². The summed E-state index contributed by atoms with van der Waals surface area (Å²) in [4.78, 5) is 25.0. The van der Waals surface area contributed by atoms with Gasteiger partial charge in [-0.2, -0.15) is 0 Å². The number of hydrogen-bond donors (Lipinski definition) is 0. The molecule has 1 saturated carbocycles. The number of methoxy groups -OCH3 is 1. The Morgan fingerprint density at radius 1 is 1.28 bits per heavy atom. The number of benzene rings is 1. The lowest BCUT2D eigenvalue weighted by Gasteiger charge is -2.21. The van der Waals surface area contributed by atoms with E-state index in [0.717, 1.165) is 18.4 Å². The first-order valence-electron chi connectivity index (χ1n) is 6.10. The molecule has 1 fully saturated rings. The summed E-state index contributed by atoms with van der Waals surface area (Å²) in [6.07, 6.45) is 1.87. The highest BCUT2D eigenvalue weighted by atomic mass is 16.5. The largest absolute Gasteiger partial charge is 0.468 e. The van der Waals surface area contributed by atoms with Gasteiger partial charge in [-0.3, -0.25) is 9.59 Å². The minimum Gasteiger partial charge on any atom is -0.468 e. The molecule has 0 aromatic heterocycles. The van der Waals surface area contributed by atoms with Crippen molar-refractivity contribution in [2.24, 2.45) is 5.92 Å². The molecule has 0 unspecified atom stereocenters. The average molecular weight is 247 g/mol. The van der Waals surface area contributed by atoms with Gasteiger partial charge in [0, 0.05) is 12.5 Å². The normalized spacial score (nSPS) is 14.1. The summed E-state index contributed by atoms with van der Waals surface area (Å²) in [5.41, 5.74) is 1.02. The van der Waals surface area contributed by atoms with Gasteiger partial charge >= 0.3 is 5.97 Å². The smallest absolute Gasteiger partial charge is 0.325 e. The van der Waals surface area contributed by atoms with Crippen LogP contribution in [0.15, 0.2) is 30.3 Å². The summed E-state index contributed by atoms with van der Waals surface area (Å²) in [5, 5.41) is 0. The molecule has 0 bridgehead atoms. The minimum absolute atomic E-state index is 0.0285. The van der Waals surface area contributed by atoms with Crippen molar-refractivity contribution < 1.29 is 14.3 Å². The minimum atomic E-state index is -0.375. The van der Waals surface area contributed by atoms with Crippen LogP contribution in [0.1, 0.15) is 18.4 Å². The fourth-order valence-corrected chi connectivity index (χ4v) is 1.82. The van der Waals surface area contributed by atoms with Crippen molar-refractivity contribution in [3.05, 3.63) is 35.9 Å². The topological polar surface area (TPSA) is 46.6 Å². The summed E-state index contributed by atoms with van der Waals surface area (Å²) in [5.74, 6) is -0.206. The van der Waals surface area contributed by atoms with E-state index in [4.69, 9.17) is 0 Å². The van der Waals surface area contributed by atoms with Gasteiger partial charge in [0.05, 0.1) is 7.11 Å². The van der Waals surface area contributed by atoms with Crippen LogP contribution in [0.25, 0.3) is 0 Å². The highest BCUT2D eigenvalue weighted by Crippen LogP contribution is 2.31. The highest BCUT2D eigenvalue weighted by molar-refractivity contribution is 5.85. The van der Waals surface area contributed by atoms with Gasteiger partial charge in [0.15, 0.2) is 0 Å². The highest BCUT2D eigenvalue weighted by Gasteiger charge is 2.34. The van der Waals surface area contributed by atoms with E-state index in [1.165, 1.54) is 7.11 Å². The van der Waals surface area contributed by atoms with E-state index in [1.807, 2.05) is 30.3 Å². The van der Waals surface area contributed by atoms with Crippen molar-refractivity contribution in [3.63, 3.8) is 0 Å².